The highest BCUT2D eigenvalue weighted by atomic mass is 32.2. The van der Waals surface area contributed by atoms with Crippen LogP contribution in [0.4, 0.5) is 0 Å². The summed E-state index contributed by atoms with van der Waals surface area (Å²) < 4.78 is 10.7. The second-order valence-corrected chi connectivity index (χ2v) is 6.11. The topological polar surface area (TPSA) is 57.5 Å². The number of unbranched alkanes of at least 4 members (excludes halogenated alkanes) is 7. The molecule has 0 spiro atoms. The first kappa shape index (κ1) is 20.4. The van der Waals surface area contributed by atoms with Gasteiger partial charge in [0.05, 0.1) is 0 Å². The molecule has 0 amide bonds. The number of aliphatic hydroxyl groups excluding tert-OH is 2. The lowest BCUT2D eigenvalue weighted by Crippen LogP contribution is -1.93. The third-order valence-corrected chi connectivity index (χ3v) is 3.47. The van der Waals surface area contributed by atoms with Crippen molar-refractivity contribution in [2.24, 2.45) is 0 Å². The highest BCUT2D eigenvalue weighted by Crippen LogP contribution is 2.08. The molecule has 0 aromatic rings. The van der Waals surface area contributed by atoms with Crippen molar-refractivity contribution in [2.45, 2.75) is 64.7 Å². The van der Waals surface area contributed by atoms with Gasteiger partial charge in [0.15, 0.2) is 0 Å². The largest absolute Gasteiger partial charge is 0.396 e. The summed E-state index contributed by atoms with van der Waals surface area (Å²) in [6, 6.07) is 0. The van der Waals surface area contributed by atoms with Crippen molar-refractivity contribution in [3.63, 3.8) is 0 Å². The quantitative estimate of drug-likeness (QED) is 0.572. The van der Waals surface area contributed by atoms with E-state index in [-0.39, 0.29) is 13.2 Å². The van der Waals surface area contributed by atoms with Crippen molar-refractivity contribution in [2.75, 3.05) is 25.2 Å². The molecule has 18 heavy (non-hydrogen) atoms. The van der Waals surface area contributed by atoms with E-state index in [0.29, 0.717) is 6.42 Å². The fraction of sp³-hybridized carbons (Fsp3) is 1.00. The van der Waals surface area contributed by atoms with Crippen LogP contribution in [0.1, 0.15) is 64.7 Å². The first-order valence-electron chi connectivity index (χ1n) is 7.20. The van der Waals surface area contributed by atoms with E-state index in [4.69, 9.17) is 10.2 Å². The van der Waals surface area contributed by atoms with Crippen LogP contribution in [0.5, 0.6) is 0 Å². The first-order chi connectivity index (χ1) is 8.68. The Morgan fingerprint density at radius 3 is 1.56 bits per heavy atom. The number of aliphatic hydroxyl groups is 2. The molecule has 0 radical (unpaired) electrons. The first-order valence-corrected chi connectivity index (χ1v) is 8.93. The summed E-state index contributed by atoms with van der Waals surface area (Å²) in [6.45, 7) is 2.43. The van der Waals surface area contributed by atoms with Gasteiger partial charge in [0.2, 0.25) is 0 Å². The van der Waals surface area contributed by atoms with Crippen molar-refractivity contribution in [1.29, 1.82) is 0 Å². The van der Waals surface area contributed by atoms with E-state index < -0.39 is 10.8 Å². The van der Waals surface area contributed by atoms with Crippen molar-refractivity contribution in [3.8, 4) is 0 Å². The molecular formula is C14H32O3S. The lowest BCUT2D eigenvalue weighted by atomic mass is 10.1. The molecule has 0 aromatic carbocycles. The average molecular weight is 280 g/mol. The molecule has 4 heteroatoms. The third-order valence-electron chi connectivity index (χ3n) is 2.60. The van der Waals surface area contributed by atoms with Crippen LogP contribution >= 0.6 is 0 Å². The zero-order valence-corrected chi connectivity index (χ0v) is 13.0. The van der Waals surface area contributed by atoms with Crippen molar-refractivity contribution in [1.82, 2.24) is 0 Å². The van der Waals surface area contributed by atoms with Crippen LogP contribution in [0.2, 0.25) is 0 Å². The summed E-state index contributed by atoms with van der Waals surface area (Å²) in [4.78, 5) is 0. The predicted octanol–water partition coefficient (Wildman–Crippen LogP) is 2.87. The lowest BCUT2D eigenvalue weighted by molar-refractivity contribution is 0.221. The minimum atomic E-state index is -0.576. The Kier molecular flexibility index (Phi) is 22.0. The summed E-state index contributed by atoms with van der Waals surface area (Å²) >= 11 is 0. The highest BCUT2D eigenvalue weighted by molar-refractivity contribution is 7.84. The molecule has 0 rings (SSSR count). The highest BCUT2D eigenvalue weighted by Gasteiger charge is 1.93. The molecule has 0 aliphatic heterocycles. The summed E-state index contributed by atoms with van der Waals surface area (Å²) in [5.74, 6) is 0.898. The van der Waals surface area contributed by atoms with Crippen LogP contribution in [0.25, 0.3) is 0 Å². The Hall–Kier alpha value is 0.0700. The maximum Gasteiger partial charge on any atom is 0.0452 e. The van der Waals surface area contributed by atoms with Crippen molar-refractivity contribution < 1.29 is 14.4 Å². The van der Waals surface area contributed by atoms with Crippen molar-refractivity contribution in [3.05, 3.63) is 0 Å². The Morgan fingerprint density at radius 2 is 1.22 bits per heavy atom. The predicted molar refractivity (Wildman–Crippen MR) is 80.3 cm³/mol. The van der Waals surface area contributed by atoms with Crippen LogP contribution in [0.3, 0.4) is 0 Å². The monoisotopic (exact) mass is 280 g/mol. The molecular weight excluding hydrogens is 248 g/mol. The maximum absolute atomic E-state index is 10.7. The Balaban J connectivity index is 0. The van der Waals surface area contributed by atoms with Gasteiger partial charge < -0.3 is 10.2 Å². The summed E-state index contributed by atoms with van der Waals surface area (Å²) in [5.41, 5.74) is 0. The maximum atomic E-state index is 10.7. The second-order valence-electron chi connectivity index (χ2n) is 4.55. The molecule has 0 bridgehead atoms. The van der Waals surface area contributed by atoms with Gasteiger partial charge in [0.1, 0.15) is 0 Å². The standard InChI is InChI=1S/C11H24OS.C3H8O2/c1-3-4-5-6-7-8-9-10-11-13(2)12;4-2-1-3-5/h3-11H2,1-2H3;4-5H,1-3H2. The van der Waals surface area contributed by atoms with Crippen molar-refractivity contribution >= 4 is 10.8 Å². The van der Waals surface area contributed by atoms with Crippen LogP contribution in [0.15, 0.2) is 0 Å². The summed E-state index contributed by atoms with van der Waals surface area (Å²) in [5, 5.41) is 15.8. The van der Waals surface area contributed by atoms with Gasteiger partial charge in [-0.2, -0.15) is 0 Å². The van der Waals surface area contributed by atoms with Crippen LogP contribution < -0.4 is 0 Å². The fourth-order valence-electron chi connectivity index (χ4n) is 1.51. The van der Waals surface area contributed by atoms with Crippen LogP contribution in [0, 0.1) is 0 Å². The van der Waals surface area contributed by atoms with E-state index in [1.54, 1.807) is 6.26 Å². The number of hydrogen-bond acceptors (Lipinski definition) is 3. The van der Waals surface area contributed by atoms with E-state index in [9.17, 15) is 4.21 Å². The molecule has 1 atom stereocenters. The minimum absolute atomic E-state index is 0.0938. The van der Waals surface area contributed by atoms with Gasteiger partial charge in [-0.1, -0.05) is 51.9 Å². The van der Waals surface area contributed by atoms with E-state index in [2.05, 4.69) is 6.92 Å². The molecule has 3 nitrogen and oxygen atoms in total. The average Bonchev–Trinajstić information content (AvgIpc) is 2.34. The smallest absolute Gasteiger partial charge is 0.0452 e. The normalized spacial score (nSPS) is 11.8. The molecule has 112 valence electrons. The lowest BCUT2D eigenvalue weighted by Gasteiger charge is -2.00. The Morgan fingerprint density at radius 1 is 0.778 bits per heavy atom. The molecule has 2 N–H and O–H groups in total. The number of hydrogen-bond donors (Lipinski definition) is 2. The molecule has 0 saturated heterocycles. The van der Waals surface area contributed by atoms with Gasteiger partial charge in [-0.3, -0.25) is 4.21 Å². The van der Waals surface area contributed by atoms with E-state index >= 15 is 0 Å². The van der Waals surface area contributed by atoms with Gasteiger partial charge in [0, 0.05) is 36.0 Å². The van der Waals surface area contributed by atoms with Crippen LogP contribution in [-0.4, -0.2) is 39.6 Å². The zero-order valence-electron chi connectivity index (χ0n) is 12.2. The molecule has 0 saturated carbocycles. The van der Waals surface area contributed by atoms with Gasteiger partial charge in [-0.25, -0.2) is 0 Å². The van der Waals surface area contributed by atoms with Crippen LogP contribution in [-0.2, 0) is 10.8 Å². The van der Waals surface area contributed by atoms with E-state index in [0.717, 1.165) is 12.2 Å². The summed E-state index contributed by atoms with van der Waals surface area (Å²) in [7, 11) is -0.576. The number of rotatable bonds is 11. The Labute approximate surface area is 115 Å². The fourth-order valence-corrected chi connectivity index (χ4v) is 2.12. The van der Waals surface area contributed by atoms with E-state index in [1.165, 1.54) is 44.9 Å². The molecule has 0 fully saturated rings. The van der Waals surface area contributed by atoms with E-state index in [1.807, 2.05) is 0 Å². The molecule has 0 heterocycles. The van der Waals surface area contributed by atoms with Gasteiger partial charge in [-0.15, -0.1) is 0 Å². The molecule has 0 aromatic heterocycles. The molecule has 1 unspecified atom stereocenters. The summed E-state index contributed by atoms with van der Waals surface area (Å²) in [6.07, 6.45) is 12.9. The minimum Gasteiger partial charge on any atom is -0.396 e. The third kappa shape index (κ3) is 25.1. The Bertz CT molecular complexity index is 161. The van der Waals surface area contributed by atoms with Gasteiger partial charge in [-0.05, 0) is 12.8 Å². The SMILES string of the molecule is CCCCCCCCCCS(C)=O.OCCCO. The van der Waals surface area contributed by atoms with Gasteiger partial charge in [0.25, 0.3) is 0 Å². The zero-order chi connectivity index (χ0) is 14.1. The van der Waals surface area contributed by atoms with Gasteiger partial charge >= 0.3 is 0 Å². The second kappa shape index (κ2) is 19.4. The molecule has 0 aliphatic carbocycles. The molecule has 0 aliphatic rings.